The summed E-state index contributed by atoms with van der Waals surface area (Å²) < 4.78 is 36.7. The Kier molecular flexibility index (Phi) is 7.46. The number of nitrogens with one attached hydrogen (secondary N) is 1. The van der Waals surface area contributed by atoms with Gasteiger partial charge in [-0.15, -0.1) is 0 Å². The van der Waals surface area contributed by atoms with Crippen LogP contribution in [-0.4, -0.2) is 81.2 Å². The Morgan fingerprint density at radius 2 is 2.14 bits per heavy atom. The van der Waals surface area contributed by atoms with Gasteiger partial charge in [-0.3, -0.25) is 4.99 Å². The first kappa shape index (κ1) is 20.8. The van der Waals surface area contributed by atoms with Crippen molar-refractivity contribution in [1.82, 2.24) is 19.7 Å². The molecule has 2 aliphatic heterocycles. The molecule has 10 heteroatoms. The molecule has 1 aromatic rings. The molecule has 0 radical (unpaired) electrons. The lowest BCUT2D eigenvalue weighted by molar-refractivity contribution is 0.153. The average Bonchev–Trinajstić information content (AvgIpc) is 3.20. The zero-order valence-corrected chi connectivity index (χ0v) is 17.2. The standard InChI is InChI=1S/C18H29N5O4S/c1-2-19-18(20-7-3-16-4-12-26-13-5-16)22-8-10-23(11-9-22)28(24,25)15-17-6-14-27-21-17/h4,6,14H,2-3,5,7-13,15H2,1H3,(H,19,20). The fourth-order valence-electron chi connectivity index (χ4n) is 3.29. The molecular formula is C18H29N5O4S. The van der Waals surface area contributed by atoms with Crippen molar-refractivity contribution in [3.8, 4) is 0 Å². The first-order valence-electron chi connectivity index (χ1n) is 9.74. The number of hydrogen-bond acceptors (Lipinski definition) is 6. The van der Waals surface area contributed by atoms with Crippen molar-refractivity contribution in [1.29, 1.82) is 0 Å². The predicted octanol–water partition coefficient (Wildman–Crippen LogP) is 0.824. The number of aliphatic imine (C=N–C) groups is 1. The van der Waals surface area contributed by atoms with Crippen LogP contribution in [0.5, 0.6) is 0 Å². The molecule has 1 saturated heterocycles. The van der Waals surface area contributed by atoms with E-state index in [0.29, 0.717) is 38.5 Å². The summed E-state index contributed by atoms with van der Waals surface area (Å²) in [6.45, 7) is 7.12. The van der Waals surface area contributed by atoms with Crippen molar-refractivity contribution >= 4 is 16.0 Å². The first-order valence-corrected chi connectivity index (χ1v) is 11.4. The van der Waals surface area contributed by atoms with Crippen LogP contribution in [0.4, 0.5) is 0 Å². The Labute approximate surface area is 166 Å². The van der Waals surface area contributed by atoms with Crippen molar-refractivity contribution < 1.29 is 17.7 Å². The molecule has 0 saturated carbocycles. The molecule has 0 spiro atoms. The third kappa shape index (κ3) is 5.79. The molecule has 156 valence electrons. The molecule has 1 fully saturated rings. The van der Waals surface area contributed by atoms with Crippen molar-refractivity contribution in [2.45, 2.75) is 25.5 Å². The first-order chi connectivity index (χ1) is 13.6. The summed E-state index contributed by atoms with van der Waals surface area (Å²) >= 11 is 0. The van der Waals surface area contributed by atoms with E-state index in [1.165, 1.54) is 16.1 Å². The minimum absolute atomic E-state index is 0.128. The van der Waals surface area contributed by atoms with Gasteiger partial charge in [-0.05, 0) is 19.8 Å². The van der Waals surface area contributed by atoms with Gasteiger partial charge < -0.3 is 19.5 Å². The van der Waals surface area contributed by atoms with Crippen LogP contribution in [0, 0.1) is 0 Å². The highest BCUT2D eigenvalue weighted by molar-refractivity contribution is 7.88. The minimum atomic E-state index is -3.39. The van der Waals surface area contributed by atoms with Crippen molar-refractivity contribution in [3.05, 3.63) is 29.7 Å². The Balaban J connectivity index is 1.53. The van der Waals surface area contributed by atoms with E-state index < -0.39 is 10.0 Å². The van der Waals surface area contributed by atoms with E-state index in [1.54, 1.807) is 6.07 Å². The van der Waals surface area contributed by atoms with Gasteiger partial charge in [0.25, 0.3) is 0 Å². The smallest absolute Gasteiger partial charge is 0.220 e. The number of guanidine groups is 1. The van der Waals surface area contributed by atoms with Gasteiger partial charge in [0.2, 0.25) is 10.0 Å². The van der Waals surface area contributed by atoms with E-state index in [0.717, 1.165) is 38.5 Å². The second kappa shape index (κ2) is 10.0. The van der Waals surface area contributed by atoms with Crippen molar-refractivity contribution in [2.75, 3.05) is 52.5 Å². The van der Waals surface area contributed by atoms with E-state index in [2.05, 4.69) is 21.4 Å². The predicted molar refractivity (Wildman–Crippen MR) is 106 cm³/mol. The molecule has 0 bridgehead atoms. The lowest BCUT2D eigenvalue weighted by atomic mass is 10.1. The Morgan fingerprint density at radius 1 is 1.32 bits per heavy atom. The van der Waals surface area contributed by atoms with Gasteiger partial charge in [0.1, 0.15) is 12.0 Å². The number of ether oxygens (including phenoxy) is 1. The minimum Gasteiger partial charge on any atom is -0.377 e. The molecule has 0 aromatic carbocycles. The number of rotatable bonds is 7. The molecule has 0 unspecified atom stereocenters. The summed E-state index contributed by atoms with van der Waals surface area (Å²) in [5, 5.41) is 7.02. The van der Waals surface area contributed by atoms with Gasteiger partial charge in [-0.2, -0.15) is 4.31 Å². The van der Waals surface area contributed by atoms with Crippen LogP contribution < -0.4 is 5.32 Å². The fraction of sp³-hybridized carbons (Fsp3) is 0.667. The third-order valence-corrected chi connectivity index (χ3v) is 6.65. The van der Waals surface area contributed by atoms with Crippen molar-refractivity contribution in [3.63, 3.8) is 0 Å². The van der Waals surface area contributed by atoms with E-state index in [4.69, 9.17) is 14.3 Å². The normalized spacial score (nSPS) is 19.5. The van der Waals surface area contributed by atoms with E-state index >= 15 is 0 Å². The lowest BCUT2D eigenvalue weighted by Gasteiger charge is -2.35. The molecule has 1 N–H and O–H groups in total. The topological polar surface area (TPSA) is 100 Å². The fourth-order valence-corrected chi connectivity index (χ4v) is 4.72. The Bertz CT molecular complexity index is 768. The number of nitrogens with zero attached hydrogens (tertiary/aromatic N) is 4. The summed E-state index contributed by atoms with van der Waals surface area (Å²) in [5.74, 6) is 0.722. The highest BCUT2D eigenvalue weighted by atomic mass is 32.2. The average molecular weight is 412 g/mol. The summed E-state index contributed by atoms with van der Waals surface area (Å²) in [4.78, 5) is 6.87. The van der Waals surface area contributed by atoms with E-state index in [1.807, 2.05) is 6.92 Å². The summed E-state index contributed by atoms with van der Waals surface area (Å²) in [6.07, 6.45) is 5.45. The number of aromatic nitrogens is 1. The Morgan fingerprint density at radius 3 is 2.79 bits per heavy atom. The summed E-state index contributed by atoms with van der Waals surface area (Å²) in [6, 6.07) is 1.58. The highest BCUT2D eigenvalue weighted by Gasteiger charge is 2.28. The van der Waals surface area contributed by atoms with E-state index in [-0.39, 0.29) is 5.75 Å². The molecule has 0 amide bonds. The molecule has 3 rings (SSSR count). The van der Waals surface area contributed by atoms with Crippen LogP contribution >= 0.6 is 0 Å². The molecule has 3 heterocycles. The third-order valence-electron chi connectivity index (χ3n) is 4.84. The van der Waals surface area contributed by atoms with Crippen molar-refractivity contribution in [2.24, 2.45) is 4.99 Å². The number of piperazine rings is 1. The van der Waals surface area contributed by atoms with Gasteiger partial charge in [-0.25, -0.2) is 8.42 Å². The van der Waals surface area contributed by atoms with Gasteiger partial charge in [0.05, 0.1) is 18.9 Å². The van der Waals surface area contributed by atoms with Crippen LogP contribution in [0.25, 0.3) is 0 Å². The van der Waals surface area contributed by atoms with Gasteiger partial charge in [0.15, 0.2) is 5.96 Å². The number of sulfonamides is 1. The van der Waals surface area contributed by atoms with Crippen LogP contribution in [0.3, 0.4) is 0 Å². The Hall–Kier alpha value is -1.91. The maximum absolute atomic E-state index is 12.6. The maximum atomic E-state index is 12.6. The van der Waals surface area contributed by atoms with Gasteiger partial charge in [0, 0.05) is 45.3 Å². The largest absolute Gasteiger partial charge is 0.377 e. The SMILES string of the molecule is CCNC(=NCCC1=CCOCC1)N1CCN(S(=O)(=O)Cc2ccon2)CC1. The zero-order valence-electron chi connectivity index (χ0n) is 16.3. The zero-order chi connectivity index (χ0) is 19.8. The molecule has 28 heavy (non-hydrogen) atoms. The highest BCUT2D eigenvalue weighted by Crippen LogP contribution is 2.14. The van der Waals surface area contributed by atoms with Gasteiger partial charge >= 0.3 is 0 Å². The second-order valence-electron chi connectivity index (χ2n) is 6.81. The van der Waals surface area contributed by atoms with E-state index in [9.17, 15) is 8.42 Å². The van der Waals surface area contributed by atoms with Crippen LogP contribution in [0.2, 0.25) is 0 Å². The lowest BCUT2D eigenvalue weighted by Crippen LogP contribution is -2.53. The maximum Gasteiger partial charge on any atom is 0.220 e. The molecule has 0 aliphatic carbocycles. The van der Waals surface area contributed by atoms with Crippen LogP contribution in [0.15, 0.2) is 33.5 Å². The summed E-state index contributed by atoms with van der Waals surface area (Å²) in [5.41, 5.74) is 1.83. The van der Waals surface area contributed by atoms with Gasteiger partial charge in [-0.1, -0.05) is 16.8 Å². The molecule has 0 atom stereocenters. The van der Waals surface area contributed by atoms with Crippen LogP contribution in [0.1, 0.15) is 25.5 Å². The quantitative estimate of drug-likeness (QED) is 0.403. The molecule has 2 aliphatic rings. The number of hydrogen-bond donors (Lipinski definition) is 1. The molecular weight excluding hydrogens is 382 g/mol. The molecule has 9 nitrogen and oxygen atoms in total. The summed E-state index contributed by atoms with van der Waals surface area (Å²) in [7, 11) is -3.39. The molecule has 1 aromatic heterocycles. The van der Waals surface area contributed by atoms with Crippen LogP contribution in [-0.2, 0) is 20.5 Å². The second-order valence-corrected chi connectivity index (χ2v) is 8.77. The monoisotopic (exact) mass is 411 g/mol.